The summed E-state index contributed by atoms with van der Waals surface area (Å²) in [6.45, 7) is -0.465. The van der Waals surface area contributed by atoms with Crippen LogP contribution in [0.15, 0.2) is 81.3 Å². The molecule has 0 unspecified atom stereocenters. The number of aliphatic hydroxyl groups is 1. The molecule has 1 aromatic heterocycles. The summed E-state index contributed by atoms with van der Waals surface area (Å²) in [5.74, 6) is 0.338. The highest BCUT2D eigenvalue weighted by molar-refractivity contribution is 5.53. The van der Waals surface area contributed by atoms with Crippen molar-refractivity contribution >= 4 is 0 Å². The normalized spacial score (nSPS) is 15.2. The van der Waals surface area contributed by atoms with Gasteiger partial charge in [0.25, 0.3) is 0 Å². The van der Waals surface area contributed by atoms with E-state index in [0.29, 0.717) is 17.1 Å². The van der Waals surface area contributed by atoms with Gasteiger partial charge in [-0.1, -0.05) is 30.3 Å². The van der Waals surface area contributed by atoms with Crippen molar-refractivity contribution in [3.8, 4) is 23.3 Å². The van der Waals surface area contributed by atoms with Crippen LogP contribution in [-0.2, 0) is 6.61 Å². The lowest BCUT2D eigenvalue weighted by atomic mass is 9.87. The first-order valence-electron chi connectivity index (χ1n) is 8.79. The second-order valence-electron chi connectivity index (χ2n) is 6.34. The zero-order valence-corrected chi connectivity index (χ0v) is 15.2. The van der Waals surface area contributed by atoms with E-state index in [2.05, 4.69) is 0 Å². The monoisotopic (exact) mass is 388 g/mol. The number of nitrogens with zero attached hydrogens (tertiary/aromatic N) is 1. The summed E-state index contributed by atoms with van der Waals surface area (Å²) >= 11 is 0. The highest BCUT2D eigenvalue weighted by Gasteiger charge is 2.35. The highest BCUT2D eigenvalue weighted by atomic mass is 16.5. The van der Waals surface area contributed by atoms with E-state index in [4.69, 9.17) is 19.6 Å². The summed E-state index contributed by atoms with van der Waals surface area (Å²) in [6.07, 6.45) is 0. The van der Waals surface area contributed by atoms with E-state index in [-0.39, 0.29) is 28.7 Å². The molecule has 7 heteroatoms. The molecule has 1 aliphatic heterocycles. The topological polar surface area (TPSA) is 119 Å². The lowest BCUT2D eigenvalue weighted by Crippen LogP contribution is -2.25. The van der Waals surface area contributed by atoms with Crippen LogP contribution in [0, 0.1) is 11.3 Å². The smallest absolute Gasteiger partial charge is 0.228 e. The fourth-order valence-corrected chi connectivity index (χ4v) is 3.18. The fourth-order valence-electron chi connectivity index (χ4n) is 3.18. The molecule has 29 heavy (non-hydrogen) atoms. The second-order valence-corrected chi connectivity index (χ2v) is 6.34. The van der Waals surface area contributed by atoms with Crippen molar-refractivity contribution in [1.29, 1.82) is 5.26 Å². The maximum atomic E-state index is 12.4. The number of hydrogen-bond donors (Lipinski definition) is 2. The Morgan fingerprint density at radius 3 is 2.59 bits per heavy atom. The van der Waals surface area contributed by atoms with Crippen LogP contribution in [0.25, 0.3) is 0 Å². The van der Waals surface area contributed by atoms with Gasteiger partial charge >= 0.3 is 0 Å². The molecule has 0 amide bonds. The third kappa shape index (κ3) is 3.45. The van der Waals surface area contributed by atoms with Crippen molar-refractivity contribution < 1.29 is 19.0 Å². The van der Waals surface area contributed by atoms with E-state index >= 15 is 0 Å². The zero-order chi connectivity index (χ0) is 20.4. The summed E-state index contributed by atoms with van der Waals surface area (Å²) < 4.78 is 16.9. The maximum absolute atomic E-state index is 12.4. The van der Waals surface area contributed by atoms with Crippen LogP contribution in [0.2, 0.25) is 0 Å². The Morgan fingerprint density at radius 1 is 1.10 bits per heavy atom. The Kier molecular flexibility index (Phi) is 4.77. The van der Waals surface area contributed by atoms with Crippen LogP contribution in [0.4, 0.5) is 0 Å². The largest absolute Gasteiger partial charge is 0.458 e. The van der Waals surface area contributed by atoms with Gasteiger partial charge in [0.1, 0.15) is 35.5 Å². The van der Waals surface area contributed by atoms with E-state index in [9.17, 15) is 15.2 Å². The average Bonchev–Trinajstić information content (AvgIpc) is 2.74. The van der Waals surface area contributed by atoms with Crippen molar-refractivity contribution in [2.45, 2.75) is 12.5 Å². The first kappa shape index (κ1) is 18.3. The molecule has 2 aromatic carbocycles. The van der Waals surface area contributed by atoms with Crippen LogP contribution in [-0.4, -0.2) is 5.11 Å². The molecule has 0 fully saturated rings. The Bertz CT molecular complexity index is 1190. The van der Waals surface area contributed by atoms with Crippen molar-refractivity contribution in [2.75, 3.05) is 0 Å². The zero-order valence-electron chi connectivity index (χ0n) is 15.2. The number of hydrogen-bond acceptors (Lipinski definition) is 7. The molecule has 0 spiro atoms. The van der Waals surface area contributed by atoms with Crippen LogP contribution in [0.1, 0.15) is 23.0 Å². The van der Waals surface area contributed by atoms with Crippen LogP contribution in [0.3, 0.4) is 0 Å². The number of benzene rings is 2. The summed E-state index contributed by atoms with van der Waals surface area (Å²) in [4.78, 5) is 12.4. The van der Waals surface area contributed by atoms with Gasteiger partial charge in [-0.05, 0) is 29.8 Å². The summed E-state index contributed by atoms with van der Waals surface area (Å²) in [5, 5.41) is 19.1. The molecule has 0 saturated heterocycles. The molecule has 0 aliphatic carbocycles. The number of para-hydroxylation sites is 1. The van der Waals surface area contributed by atoms with Gasteiger partial charge in [0.05, 0.1) is 5.92 Å². The molecule has 0 radical (unpaired) electrons. The molecule has 7 nitrogen and oxygen atoms in total. The van der Waals surface area contributed by atoms with Crippen LogP contribution >= 0.6 is 0 Å². The third-order valence-corrected chi connectivity index (χ3v) is 4.46. The standard InChI is InChI=1S/C22H16N2O5/c23-11-17-19(21-20(29-22(17)24)18(26)10-16(12-25)28-21)13-5-4-8-15(9-13)27-14-6-2-1-3-7-14/h1-10,19,25H,12,24H2/t19-/m0/s1. The molecule has 0 saturated carbocycles. The lowest BCUT2D eigenvalue weighted by Gasteiger charge is -2.25. The number of ether oxygens (including phenoxy) is 2. The second kappa shape index (κ2) is 7.54. The maximum Gasteiger partial charge on any atom is 0.228 e. The fraction of sp³-hybridized carbons (Fsp3) is 0.0909. The van der Waals surface area contributed by atoms with E-state index in [1.807, 2.05) is 36.4 Å². The van der Waals surface area contributed by atoms with E-state index < -0.39 is 18.0 Å². The van der Waals surface area contributed by atoms with Crippen LogP contribution < -0.4 is 20.6 Å². The van der Waals surface area contributed by atoms with Gasteiger partial charge in [0.15, 0.2) is 5.76 Å². The average molecular weight is 388 g/mol. The molecule has 3 N–H and O–H groups in total. The summed E-state index contributed by atoms with van der Waals surface area (Å²) in [7, 11) is 0. The number of aliphatic hydroxyl groups excluding tert-OH is 1. The molecule has 1 atom stereocenters. The third-order valence-electron chi connectivity index (χ3n) is 4.46. The molecular weight excluding hydrogens is 372 g/mol. The lowest BCUT2D eigenvalue weighted by molar-refractivity contribution is 0.231. The predicted molar refractivity (Wildman–Crippen MR) is 103 cm³/mol. The van der Waals surface area contributed by atoms with Crippen molar-refractivity contribution in [1.82, 2.24) is 0 Å². The number of fused-ring (bicyclic) bond motifs is 1. The van der Waals surface area contributed by atoms with Crippen LogP contribution in [0.5, 0.6) is 17.2 Å². The quantitative estimate of drug-likeness (QED) is 0.705. The van der Waals surface area contributed by atoms with Gasteiger partial charge in [-0.25, -0.2) is 0 Å². The van der Waals surface area contributed by atoms with Crippen molar-refractivity contribution in [3.05, 3.63) is 99.4 Å². The SMILES string of the molecule is N#CC1=C(N)Oc2c(oc(CO)cc2=O)[C@H]1c1cccc(Oc2ccccc2)c1. The predicted octanol–water partition coefficient (Wildman–Crippen LogP) is 3.14. The van der Waals surface area contributed by atoms with Gasteiger partial charge in [0.2, 0.25) is 17.1 Å². The van der Waals surface area contributed by atoms with Gasteiger partial charge in [0, 0.05) is 6.07 Å². The van der Waals surface area contributed by atoms with Crippen molar-refractivity contribution in [2.24, 2.45) is 5.73 Å². The van der Waals surface area contributed by atoms with Gasteiger partial charge in [-0.15, -0.1) is 0 Å². The van der Waals surface area contributed by atoms with E-state index in [0.717, 1.165) is 6.07 Å². The highest BCUT2D eigenvalue weighted by Crippen LogP contribution is 2.41. The molecular formula is C22H16N2O5. The molecule has 1 aliphatic rings. The minimum absolute atomic E-state index is 0.0665. The Hall–Kier alpha value is -4.02. The first-order chi connectivity index (χ1) is 14.1. The summed E-state index contributed by atoms with van der Waals surface area (Å²) in [5.41, 5.74) is 6.15. The Labute approximate surface area is 165 Å². The molecule has 2 heterocycles. The van der Waals surface area contributed by atoms with Crippen molar-refractivity contribution in [3.63, 3.8) is 0 Å². The van der Waals surface area contributed by atoms with Gasteiger partial charge in [-0.2, -0.15) is 5.26 Å². The molecule has 144 valence electrons. The van der Waals surface area contributed by atoms with E-state index in [1.54, 1.807) is 24.3 Å². The minimum Gasteiger partial charge on any atom is -0.458 e. The Morgan fingerprint density at radius 2 is 1.86 bits per heavy atom. The molecule has 3 aromatic rings. The minimum atomic E-state index is -0.776. The first-order valence-corrected chi connectivity index (χ1v) is 8.79. The summed E-state index contributed by atoms with van der Waals surface area (Å²) in [6, 6.07) is 19.5. The Balaban J connectivity index is 1.84. The molecule has 0 bridgehead atoms. The number of allylic oxidation sites excluding steroid dienone is 1. The number of nitriles is 1. The van der Waals surface area contributed by atoms with Gasteiger partial charge < -0.3 is 24.7 Å². The van der Waals surface area contributed by atoms with E-state index in [1.165, 1.54) is 0 Å². The number of nitrogens with two attached hydrogens (primary N) is 1. The number of rotatable bonds is 4. The molecule has 4 rings (SSSR count). The van der Waals surface area contributed by atoms with Gasteiger partial charge in [-0.3, -0.25) is 4.79 Å².